The molecule has 0 unspecified atom stereocenters. The molecule has 104 valence electrons. The molecule has 0 bridgehead atoms. The fraction of sp³-hybridized carbons (Fsp3) is 0.286. The van der Waals surface area contributed by atoms with E-state index in [1.807, 2.05) is 29.2 Å². The topological polar surface area (TPSA) is 52.2 Å². The molecule has 0 aliphatic carbocycles. The van der Waals surface area contributed by atoms with Crippen LogP contribution in [0.5, 0.6) is 0 Å². The Labute approximate surface area is 122 Å². The van der Waals surface area contributed by atoms with Crippen LogP contribution in [0, 0.1) is 0 Å². The van der Waals surface area contributed by atoms with Gasteiger partial charge < -0.3 is 9.80 Å². The van der Waals surface area contributed by atoms with Crippen LogP contribution in [0.2, 0.25) is 5.02 Å². The van der Waals surface area contributed by atoms with Crippen LogP contribution in [0.3, 0.4) is 0 Å². The number of piperazine rings is 1. The third kappa shape index (κ3) is 2.63. The molecular formula is C14H15ClN4O. The number of hydrogen-bond acceptors (Lipinski definition) is 3. The fourth-order valence-corrected chi connectivity index (χ4v) is 2.58. The largest absolute Gasteiger partial charge is 0.368 e. The van der Waals surface area contributed by atoms with Gasteiger partial charge in [0.25, 0.3) is 5.91 Å². The molecule has 0 radical (unpaired) electrons. The Morgan fingerprint density at radius 2 is 2.05 bits per heavy atom. The van der Waals surface area contributed by atoms with Crippen molar-refractivity contribution in [3.05, 3.63) is 47.2 Å². The molecule has 1 saturated heterocycles. The molecule has 1 N–H and O–H groups in total. The predicted octanol–water partition coefficient (Wildman–Crippen LogP) is 2.03. The lowest BCUT2D eigenvalue weighted by Crippen LogP contribution is -2.48. The Balaban J connectivity index is 1.64. The normalized spacial score (nSPS) is 15.4. The number of carbonyl (C=O) groups is 1. The Bertz CT molecular complexity index is 591. The molecule has 1 aromatic carbocycles. The molecule has 20 heavy (non-hydrogen) atoms. The third-order valence-corrected chi connectivity index (χ3v) is 3.72. The van der Waals surface area contributed by atoms with Crippen molar-refractivity contribution in [1.29, 1.82) is 0 Å². The minimum Gasteiger partial charge on any atom is -0.368 e. The van der Waals surface area contributed by atoms with Gasteiger partial charge in [0.1, 0.15) is 0 Å². The Morgan fingerprint density at radius 1 is 1.25 bits per heavy atom. The second-order valence-corrected chi connectivity index (χ2v) is 5.18. The fourth-order valence-electron chi connectivity index (χ4n) is 2.39. The van der Waals surface area contributed by atoms with Crippen LogP contribution in [-0.4, -0.2) is 47.2 Å². The van der Waals surface area contributed by atoms with E-state index < -0.39 is 0 Å². The van der Waals surface area contributed by atoms with Crippen LogP contribution in [0.4, 0.5) is 5.69 Å². The summed E-state index contributed by atoms with van der Waals surface area (Å²) in [6.45, 7) is 3.03. The first-order valence-corrected chi connectivity index (χ1v) is 6.90. The van der Waals surface area contributed by atoms with Crippen molar-refractivity contribution >= 4 is 23.2 Å². The highest BCUT2D eigenvalue weighted by molar-refractivity contribution is 6.30. The summed E-state index contributed by atoms with van der Waals surface area (Å²) in [5, 5.41) is 7.22. The maximum absolute atomic E-state index is 12.2. The van der Waals surface area contributed by atoms with E-state index in [1.165, 1.54) is 0 Å². The molecule has 0 spiro atoms. The Kier molecular flexibility index (Phi) is 3.60. The van der Waals surface area contributed by atoms with Crippen LogP contribution in [0.25, 0.3) is 0 Å². The second kappa shape index (κ2) is 5.54. The smallest absolute Gasteiger partial charge is 0.257 e. The van der Waals surface area contributed by atoms with E-state index in [4.69, 9.17) is 11.6 Å². The van der Waals surface area contributed by atoms with E-state index >= 15 is 0 Å². The molecule has 0 atom stereocenters. The van der Waals surface area contributed by atoms with Crippen LogP contribution >= 0.6 is 11.6 Å². The molecule has 3 rings (SSSR count). The first-order valence-electron chi connectivity index (χ1n) is 6.52. The number of anilines is 1. The zero-order chi connectivity index (χ0) is 13.9. The standard InChI is InChI=1S/C14H15ClN4O/c15-12-2-1-3-13(8-12)18-4-6-19(7-5-18)14(20)11-9-16-17-10-11/h1-3,8-10H,4-7H2,(H,16,17). The van der Waals surface area contributed by atoms with Gasteiger partial charge in [0.2, 0.25) is 0 Å². The zero-order valence-electron chi connectivity index (χ0n) is 10.9. The number of halogens is 1. The van der Waals surface area contributed by atoms with Gasteiger partial charge in [0, 0.05) is 43.1 Å². The Hall–Kier alpha value is -2.01. The maximum atomic E-state index is 12.2. The number of aromatic amines is 1. The summed E-state index contributed by atoms with van der Waals surface area (Å²) in [4.78, 5) is 16.3. The average molecular weight is 291 g/mol. The van der Waals surface area contributed by atoms with E-state index in [9.17, 15) is 4.79 Å². The molecule has 2 aromatic rings. The van der Waals surface area contributed by atoms with Gasteiger partial charge in [-0.2, -0.15) is 5.10 Å². The number of rotatable bonds is 2. The minimum atomic E-state index is 0.0319. The van der Waals surface area contributed by atoms with Crippen LogP contribution < -0.4 is 4.90 Å². The number of amides is 1. The van der Waals surface area contributed by atoms with Gasteiger partial charge >= 0.3 is 0 Å². The highest BCUT2D eigenvalue weighted by atomic mass is 35.5. The van der Waals surface area contributed by atoms with Gasteiger partial charge in [0.15, 0.2) is 0 Å². The van der Waals surface area contributed by atoms with Crippen molar-refractivity contribution in [3.8, 4) is 0 Å². The number of nitrogens with one attached hydrogen (secondary N) is 1. The van der Waals surface area contributed by atoms with Gasteiger partial charge in [-0.3, -0.25) is 9.89 Å². The van der Waals surface area contributed by atoms with Crippen molar-refractivity contribution in [2.75, 3.05) is 31.1 Å². The second-order valence-electron chi connectivity index (χ2n) is 4.75. The van der Waals surface area contributed by atoms with Crippen molar-refractivity contribution in [2.45, 2.75) is 0 Å². The monoisotopic (exact) mass is 290 g/mol. The number of nitrogens with zero attached hydrogens (tertiary/aromatic N) is 3. The highest BCUT2D eigenvalue weighted by Crippen LogP contribution is 2.21. The first kappa shape index (κ1) is 13.0. The van der Waals surface area contributed by atoms with Crippen molar-refractivity contribution < 1.29 is 4.79 Å². The van der Waals surface area contributed by atoms with Gasteiger partial charge in [-0.25, -0.2) is 0 Å². The summed E-state index contributed by atoms with van der Waals surface area (Å²) in [5.74, 6) is 0.0319. The number of hydrogen-bond donors (Lipinski definition) is 1. The molecular weight excluding hydrogens is 276 g/mol. The SMILES string of the molecule is O=C(c1cn[nH]c1)N1CCN(c2cccc(Cl)c2)CC1. The van der Waals surface area contributed by atoms with Crippen molar-refractivity contribution in [3.63, 3.8) is 0 Å². The zero-order valence-corrected chi connectivity index (χ0v) is 11.7. The molecule has 2 heterocycles. The number of H-pyrrole nitrogens is 1. The minimum absolute atomic E-state index is 0.0319. The lowest BCUT2D eigenvalue weighted by atomic mass is 10.2. The molecule has 1 aliphatic rings. The highest BCUT2D eigenvalue weighted by Gasteiger charge is 2.22. The van der Waals surface area contributed by atoms with Gasteiger partial charge in [-0.1, -0.05) is 17.7 Å². The summed E-state index contributed by atoms with van der Waals surface area (Å²) < 4.78 is 0. The lowest BCUT2D eigenvalue weighted by molar-refractivity contribution is 0.0747. The van der Waals surface area contributed by atoms with Crippen LogP contribution in [-0.2, 0) is 0 Å². The molecule has 1 fully saturated rings. The number of carbonyl (C=O) groups excluding carboxylic acids is 1. The van der Waals surface area contributed by atoms with E-state index in [1.54, 1.807) is 12.4 Å². The summed E-state index contributed by atoms with van der Waals surface area (Å²) in [6, 6.07) is 7.80. The summed E-state index contributed by atoms with van der Waals surface area (Å²) in [7, 11) is 0. The summed E-state index contributed by atoms with van der Waals surface area (Å²) in [6.07, 6.45) is 3.19. The van der Waals surface area contributed by atoms with Gasteiger partial charge in [-0.05, 0) is 18.2 Å². The number of aromatic nitrogens is 2. The molecule has 1 aromatic heterocycles. The number of benzene rings is 1. The average Bonchev–Trinajstić information content (AvgIpc) is 3.01. The summed E-state index contributed by atoms with van der Waals surface area (Å²) in [5.41, 5.74) is 1.72. The van der Waals surface area contributed by atoms with Gasteiger partial charge in [-0.15, -0.1) is 0 Å². The van der Waals surface area contributed by atoms with Crippen molar-refractivity contribution in [2.24, 2.45) is 0 Å². The molecule has 1 aliphatic heterocycles. The van der Waals surface area contributed by atoms with Crippen LogP contribution in [0.15, 0.2) is 36.7 Å². The summed E-state index contributed by atoms with van der Waals surface area (Å²) >= 11 is 6.01. The predicted molar refractivity (Wildman–Crippen MR) is 78.2 cm³/mol. The van der Waals surface area contributed by atoms with E-state index in [0.29, 0.717) is 18.7 Å². The molecule has 5 nitrogen and oxygen atoms in total. The molecule has 1 amide bonds. The molecule has 6 heteroatoms. The maximum Gasteiger partial charge on any atom is 0.257 e. The van der Waals surface area contributed by atoms with E-state index in [2.05, 4.69) is 15.1 Å². The van der Waals surface area contributed by atoms with E-state index in [-0.39, 0.29) is 5.91 Å². The third-order valence-electron chi connectivity index (χ3n) is 3.49. The first-order chi connectivity index (χ1) is 9.74. The quantitative estimate of drug-likeness (QED) is 0.921. The van der Waals surface area contributed by atoms with Gasteiger partial charge in [0.05, 0.1) is 11.8 Å². The van der Waals surface area contributed by atoms with Crippen molar-refractivity contribution in [1.82, 2.24) is 15.1 Å². The van der Waals surface area contributed by atoms with Crippen LogP contribution in [0.1, 0.15) is 10.4 Å². The lowest BCUT2D eigenvalue weighted by Gasteiger charge is -2.36. The Morgan fingerprint density at radius 3 is 2.70 bits per heavy atom. The molecule has 0 saturated carbocycles. The van der Waals surface area contributed by atoms with E-state index in [0.717, 1.165) is 23.8 Å².